The van der Waals surface area contributed by atoms with Gasteiger partial charge in [-0.15, -0.1) is 0 Å². The second kappa shape index (κ2) is 24.5. The minimum atomic E-state index is -0.399. The van der Waals surface area contributed by atoms with Crippen molar-refractivity contribution in [1.29, 1.82) is 0 Å². The van der Waals surface area contributed by atoms with Crippen molar-refractivity contribution in [3.8, 4) is 0 Å². The fourth-order valence-corrected chi connectivity index (χ4v) is 4.25. The smallest absolute Gasteiger partial charge is 0.312 e. The first-order valence-corrected chi connectivity index (χ1v) is 13.7. The average Bonchev–Trinajstić information content (AvgIpc) is 2.70. The SMILES string of the molecule is CC(C)CCCCCCCCCCCCCCCCCCCCCCCNC(N)=O. The molecule has 0 saturated heterocycles. The number of carbonyl (C=O) groups excluding carboxylic acids is 1. The molecule has 0 bridgehead atoms. The van der Waals surface area contributed by atoms with Gasteiger partial charge < -0.3 is 11.1 Å². The molecule has 0 aliphatic carbocycles. The molecule has 3 heteroatoms. The summed E-state index contributed by atoms with van der Waals surface area (Å²) < 4.78 is 0. The highest BCUT2D eigenvalue weighted by Gasteiger charge is 1.97. The number of primary amides is 1. The van der Waals surface area contributed by atoms with E-state index in [0.29, 0.717) is 0 Å². The largest absolute Gasteiger partial charge is 0.352 e. The van der Waals surface area contributed by atoms with Gasteiger partial charge in [0.15, 0.2) is 0 Å². The number of unbranched alkanes of at least 4 members (excludes halogenated alkanes) is 20. The molecule has 0 radical (unpaired) electrons. The maximum Gasteiger partial charge on any atom is 0.312 e. The van der Waals surface area contributed by atoms with E-state index < -0.39 is 6.03 Å². The lowest BCUT2D eigenvalue weighted by molar-refractivity contribution is 0.248. The van der Waals surface area contributed by atoms with Crippen LogP contribution >= 0.6 is 0 Å². The van der Waals surface area contributed by atoms with Gasteiger partial charge in [0, 0.05) is 6.54 Å². The van der Waals surface area contributed by atoms with Crippen molar-refractivity contribution in [2.75, 3.05) is 6.54 Å². The van der Waals surface area contributed by atoms with Crippen molar-refractivity contribution >= 4 is 6.03 Å². The molecule has 3 N–H and O–H groups in total. The van der Waals surface area contributed by atoms with Crippen LogP contribution in [0, 0.1) is 5.92 Å². The van der Waals surface area contributed by atoms with Gasteiger partial charge in [-0.25, -0.2) is 4.79 Å². The molecule has 0 aromatic heterocycles. The summed E-state index contributed by atoms with van der Waals surface area (Å²) >= 11 is 0. The van der Waals surface area contributed by atoms with Gasteiger partial charge in [-0.3, -0.25) is 0 Å². The van der Waals surface area contributed by atoms with E-state index >= 15 is 0 Å². The minimum absolute atomic E-state index is 0.399. The van der Waals surface area contributed by atoms with Gasteiger partial charge in [-0.1, -0.05) is 149 Å². The van der Waals surface area contributed by atoms with Crippen LogP contribution in [0.25, 0.3) is 0 Å². The molecule has 3 nitrogen and oxygen atoms in total. The summed E-state index contributed by atoms with van der Waals surface area (Å²) in [6, 6.07) is -0.399. The molecule has 0 aromatic rings. The summed E-state index contributed by atoms with van der Waals surface area (Å²) in [5, 5.41) is 2.65. The molecular weight excluding hydrogens is 368 g/mol. The van der Waals surface area contributed by atoms with Gasteiger partial charge >= 0.3 is 6.03 Å². The molecule has 0 rings (SSSR count). The van der Waals surface area contributed by atoms with E-state index in [1.165, 1.54) is 135 Å². The molecule has 0 unspecified atom stereocenters. The number of rotatable bonds is 24. The van der Waals surface area contributed by atoms with Crippen molar-refractivity contribution in [1.82, 2.24) is 5.32 Å². The molecule has 0 spiro atoms. The van der Waals surface area contributed by atoms with E-state index in [0.717, 1.165) is 18.9 Å². The number of nitrogens with one attached hydrogen (secondary N) is 1. The number of nitrogens with two attached hydrogens (primary N) is 1. The van der Waals surface area contributed by atoms with E-state index in [1.54, 1.807) is 0 Å². The Morgan fingerprint density at radius 2 is 0.800 bits per heavy atom. The summed E-state index contributed by atoms with van der Waals surface area (Å²) in [7, 11) is 0. The van der Waals surface area contributed by atoms with E-state index in [4.69, 9.17) is 5.73 Å². The monoisotopic (exact) mass is 424 g/mol. The van der Waals surface area contributed by atoms with Crippen LogP contribution in [0.15, 0.2) is 0 Å². The zero-order chi connectivity index (χ0) is 22.1. The van der Waals surface area contributed by atoms with Gasteiger partial charge in [0.1, 0.15) is 0 Å². The van der Waals surface area contributed by atoms with Gasteiger partial charge in [-0.2, -0.15) is 0 Å². The van der Waals surface area contributed by atoms with Crippen molar-refractivity contribution in [2.45, 2.75) is 155 Å². The second-order valence-corrected chi connectivity index (χ2v) is 9.90. The van der Waals surface area contributed by atoms with Gasteiger partial charge in [0.05, 0.1) is 0 Å². The lowest BCUT2D eigenvalue weighted by Crippen LogP contribution is -2.29. The third-order valence-electron chi connectivity index (χ3n) is 6.26. The van der Waals surface area contributed by atoms with Crippen LogP contribution in [0.1, 0.15) is 155 Å². The Morgan fingerprint density at radius 1 is 0.533 bits per heavy atom. The Kier molecular flexibility index (Phi) is 23.9. The van der Waals surface area contributed by atoms with Crippen LogP contribution in [0.5, 0.6) is 0 Å². The highest BCUT2D eigenvalue weighted by molar-refractivity contribution is 5.71. The number of carbonyl (C=O) groups is 1. The predicted molar refractivity (Wildman–Crippen MR) is 134 cm³/mol. The van der Waals surface area contributed by atoms with Crippen LogP contribution in [0.3, 0.4) is 0 Å². The first-order chi connectivity index (χ1) is 14.6. The molecule has 0 aliphatic rings. The zero-order valence-electron chi connectivity index (χ0n) is 20.8. The Morgan fingerprint density at radius 3 is 1.07 bits per heavy atom. The molecule has 0 aromatic carbocycles. The Labute approximate surface area is 189 Å². The summed E-state index contributed by atoms with van der Waals surface area (Å²) in [5.74, 6) is 0.886. The Balaban J connectivity index is 3.01. The quantitative estimate of drug-likeness (QED) is 0.149. The van der Waals surface area contributed by atoms with Gasteiger partial charge in [0.25, 0.3) is 0 Å². The van der Waals surface area contributed by atoms with Crippen molar-refractivity contribution in [3.63, 3.8) is 0 Å². The standard InChI is InChI=1S/C27H56N2O/c1-26(2)24-22-20-18-16-14-12-10-8-6-4-3-5-7-9-11-13-15-17-19-21-23-25-29-27(28)30/h26H,3-25H2,1-2H3,(H3,28,29,30). The topological polar surface area (TPSA) is 55.1 Å². The molecule has 0 aliphatic heterocycles. The fourth-order valence-electron chi connectivity index (χ4n) is 4.25. The summed E-state index contributed by atoms with van der Waals surface area (Å²) in [5.41, 5.74) is 5.04. The molecule has 2 amide bonds. The molecule has 0 fully saturated rings. The molecule has 30 heavy (non-hydrogen) atoms. The molecule has 0 saturated carbocycles. The predicted octanol–water partition coefficient (Wildman–Crippen LogP) is 8.89. The molecule has 0 heterocycles. The van der Waals surface area contributed by atoms with Crippen LogP contribution < -0.4 is 11.1 Å². The van der Waals surface area contributed by atoms with E-state index in [2.05, 4.69) is 19.2 Å². The first kappa shape index (κ1) is 29.3. The highest BCUT2D eigenvalue weighted by atomic mass is 16.2. The lowest BCUT2D eigenvalue weighted by Gasteiger charge is -2.05. The number of hydrogen-bond acceptors (Lipinski definition) is 1. The van der Waals surface area contributed by atoms with Crippen LogP contribution in [0.4, 0.5) is 4.79 Å². The van der Waals surface area contributed by atoms with Crippen molar-refractivity contribution < 1.29 is 4.79 Å². The van der Waals surface area contributed by atoms with Crippen LogP contribution in [-0.4, -0.2) is 12.6 Å². The molecular formula is C27H56N2O. The van der Waals surface area contributed by atoms with E-state index in [9.17, 15) is 4.79 Å². The third-order valence-corrected chi connectivity index (χ3v) is 6.26. The maximum atomic E-state index is 10.5. The maximum absolute atomic E-state index is 10.5. The van der Waals surface area contributed by atoms with Gasteiger partial charge in [0.2, 0.25) is 0 Å². The first-order valence-electron chi connectivity index (χ1n) is 13.7. The lowest BCUT2D eigenvalue weighted by atomic mass is 10.0. The third kappa shape index (κ3) is 27.3. The number of amides is 2. The van der Waals surface area contributed by atoms with E-state index in [-0.39, 0.29) is 0 Å². The number of urea groups is 1. The Bertz CT molecular complexity index is 344. The summed E-state index contributed by atoms with van der Waals surface area (Å²) in [6.45, 7) is 5.40. The highest BCUT2D eigenvalue weighted by Crippen LogP contribution is 2.15. The summed E-state index contributed by atoms with van der Waals surface area (Å²) in [4.78, 5) is 10.5. The number of hydrogen-bond donors (Lipinski definition) is 2. The van der Waals surface area contributed by atoms with Crippen LogP contribution in [0.2, 0.25) is 0 Å². The van der Waals surface area contributed by atoms with Crippen LogP contribution in [-0.2, 0) is 0 Å². The normalized spacial score (nSPS) is 11.3. The van der Waals surface area contributed by atoms with Crippen molar-refractivity contribution in [2.24, 2.45) is 11.7 Å². The Hall–Kier alpha value is -0.730. The van der Waals surface area contributed by atoms with Gasteiger partial charge in [-0.05, 0) is 12.3 Å². The molecule has 180 valence electrons. The van der Waals surface area contributed by atoms with Crippen molar-refractivity contribution in [3.05, 3.63) is 0 Å². The average molecular weight is 425 g/mol. The van der Waals surface area contributed by atoms with E-state index in [1.807, 2.05) is 0 Å². The fraction of sp³-hybridized carbons (Fsp3) is 0.963. The second-order valence-electron chi connectivity index (χ2n) is 9.90. The molecule has 0 atom stereocenters. The summed E-state index contributed by atoms with van der Waals surface area (Å²) in [6.07, 6.45) is 30.9. The zero-order valence-corrected chi connectivity index (χ0v) is 20.8. The minimum Gasteiger partial charge on any atom is -0.352 e.